The van der Waals surface area contributed by atoms with Crippen LogP contribution in [0.1, 0.15) is 20.8 Å². The van der Waals surface area contributed by atoms with Crippen molar-refractivity contribution >= 4 is 23.6 Å². The van der Waals surface area contributed by atoms with Gasteiger partial charge in [-0.25, -0.2) is 0 Å². The minimum Gasteiger partial charge on any atom is -0.335 e. The Morgan fingerprint density at radius 1 is 0.917 bits per heavy atom. The van der Waals surface area contributed by atoms with Gasteiger partial charge in [-0.05, 0) is 42.7 Å². The molecular weight excluding hydrogens is 322 g/mol. The zero-order valence-corrected chi connectivity index (χ0v) is 14.3. The average molecular weight is 341 g/mol. The molecule has 6 heteroatoms. The second kappa shape index (κ2) is 7.49. The maximum Gasteiger partial charge on any atom is 0.272 e. The molecule has 1 saturated heterocycles. The Kier molecular flexibility index (Phi) is 5.15. The Hall–Kier alpha value is -2.34. The van der Waals surface area contributed by atoms with Gasteiger partial charge in [0.2, 0.25) is 0 Å². The predicted molar refractivity (Wildman–Crippen MR) is 94.3 cm³/mol. The van der Waals surface area contributed by atoms with Crippen molar-refractivity contribution in [3.05, 3.63) is 59.9 Å². The lowest BCUT2D eigenvalue weighted by Gasteiger charge is -2.34. The first-order chi connectivity index (χ1) is 11.7. The third-order valence-electron chi connectivity index (χ3n) is 4.08. The summed E-state index contributed by atoms with van der Waals surface area (Å²) in [5.41, 5.74) is 1.14. The van der Waals surface area contributed by atoms with Gasteiger partial charge in [0.05, 0.1) is 0 Å². The largest absolute Gasteiger partial charge is 0.335 e. The van der Waals surface area contributed by atoms with Crippen molar-refractivity contribution in [2.75, 3.05) is 32.4 Å². The van der Waals surface area contributed by atoms with E-state index in [1.165, 1.54) is 0 Å². The van der Waals surface area contributed by atoms with E-state index >= 15 is 0 Å². The predicted octanol–water partition coefficient (Wildman–Crippen LogP) is 2.40. The molecule has 2 aromatic rings. The minimum absolute atomic E-state index is 0.0209. The van der Waals surface area contributed by atoms with Gasteiger partial charge in [0.1, 0.15) is 5.69 Å². The van der Waals surface area contributed by atoms with E-state index in [1.807, 2.05) is 30.5 Å². The zero-order chi connectivity index (χ0) is 16.9. The molecule has 0 spiro atoms. The molecule has 124 valence electrons. The number of amides is 2. The highest BCUT2D eigenvalue weighted by Gasteiger charge is 2.25. The van der Waals surface area contributed by atoms with Crippen molar-refractivity contribution in [1.29, 1.82) is 0 Å². The van der Waals surface area contributed by atoms with Crippen LogP contribution in [0.5, 0.6) is 0 Å². The van der Waals surface area contributed by atoms with Crippen LogP contribution >= 0.6 is 11.8 Å². The first-order valence-electron chi connectivity index (χ1n) is 7.82. The molecule has 5 nitrogen and oxygen atoms in total. The molecule has 0 unspecified atom stereocenters. The van der Waals surface area contributed by atoms with E-state index in [9.17, 15) is 9.59 Å². The van der Waals surface area contributed by atoms with Crippen LogP contribution in [0, 0.1) is 0 Å². The first-order valence-corrected chi connectivity index (χ1v) is 9.05. The lowest BCUT2D eigenvalue weighted by Crippen LogP contribution is -2.50. The van der Waals surface area contributed by atoms with Gasteiger partial charge in [-0.3, -0.25) is 14.6 Å². The second-order valence-corrected chi connectivity index (χ2v) is 6.41. The van der Waals surface area contributed by atoms with Gasteiger partial charge in [-0.2, -0.15) is 0 Å². The molecule has 1 aliphatic rings. The Morgan fingerprint density at radius 2 is 1.54 bits per heavy atom. The van der Waals surface area contributed by atoms with Gasteiger partial charge in [0.25, 0.3) is 11.8 Å². The van der Waals surface area contributed by atoms with E-state index in [-0.39, 0.29) is 11.8 Å². The Balaban J connectivity index is 1.60. The number of aromatic nitrogens is 1. The van der Waals surface area contributed by atoms with Crippen LogP contribution in [-0.2, 0) is 0 Å². The lowest BCUT2D eigenvalue weighted by molar-refractivity contribution is 0.0532. The fourth-order valence-corrected chi connectivity index (χ4v) is 3.09. The van der Waals surface area contributed by atoms with Crippen LogP contribution in [0.2, 0.25) is 0 Å². The van der Waals surface area contributed by atoms with Gasteiger partial charge in [-0.15, -0.1) is 11.8 Å². The maximum atomic E-state index is 12.5. The second-order valence-electron chi connectivity index (χ2n) is 5.53. The number of hydrogen-bond donors (Lipinski definition) is 0. The monoisotopic (exact) mass is 341 g/mol. The Morgan fingerprint density at radius 3 is 2.08 bits per heavy atom. The minimum atomic E-state index is -0.0768. The number of rotatable bonds is 3. The van der Waals surface area contributed by atoms with Crippen molar-refractivity contribution < 1.29 is 9.59 Å². The summed E-state index contributed by atoms with van der Waals surface area (Å²) < 4.78 is 0. The summed E-state index contributed by atoms with van der Waals surface area (Å²) >= 11 is 1.65. The third-order valence-corrected chi connectivity index (χ3v) is 4.82. The smallest absolute Gasteiger partial charge is 0.272 e. The molecule has 3 rings (SSSR count). The van der Waals surface area contributed by atoms with Crippen molar-refractivity contribution in [2.45, 2.75) is 4.90 Å². The van der Waals surface area contributed by atoms with Crippen LogP contribution in [0.3, 0.4) is 0 Å². The van der Waals surface area contributed by atoms with Gasteiger partial charge in [0.15, 0.2) is 0 Å². The summed E-state index contributed by atoms with van der Waals surface area (Å²) in [7, 11) is 0. The molecule has 1 aliphatic heterocycles. The summed E-state index contributed by atoms with van der Waals surface area (Å²) in [4.78, 5) is 33.7. The summed E-state index contributed by atoms with van der Waals surface area (Å²) in [5.74, 6) is -0.0559. The number of pyridine rings is 1. The van der Waals surface area contributed by atoms with E-state index in [2.05, 4.69) is 4.98 Å². The van der Waals surface area contributed by atoms with Crippen molar-refractivity contribution in [3.8, 4) is 0 Å². The SMILES string of the molecule is CSc1ccc(C(=O)N2CCN(C(=O)c3ccccn3)CC2)cc1. The Bertz CT molecular complexity index is 711. The average Bonchev–Trinajstić information content (AvgIpc) is 2.68. The summed E-state index contributed by atoms with van der Waals surface area (Å²) in [6.07, 6.45) is 3.62. The molecule has 1 fully saturated rings. The summed E-state index contributed by atoms with van der Waals surface area (Å²) in [6, 6.07) is 12.9. The molecule has 2 heterocycles. The van der Waals surface area contributed by atoms with Crippen molar-refractivity contribution in [2.24, 2.45) is 0 Å². The van der Waals surface area contributed by atoms with E-state index in [1.54, 1.807) is 46.0 Å². The van der Waals surface area contributed by atoms with E-state index < -0.39 is 0 Å². The molecule has 1 aromatic heterocycles. The van der Waals surface area contributed by atoms with Crippen LogP contribution in [0.15, 0.2) is 53.6 Å². The molecular formula is C18H19N3O2S. The van der Waals surface area contributed by atoms with Gasteiger partial charge in [-0.1, -0.05) is 6.07 Å². The number of hydrogen-bond acceptors (Lipinski definition) is 4. The number of piperazine rings is 1. The molecule has 0 aliphatic carbocycles. The normalized spacial score (nSPS) is 14.5. The summed E-state index contributed by atoms with van der Waals surface area (Å²) in [5, 5.41) is 0. The highest BCUT2D eigenvalue weighted by atomic mass is 32.2. The van der Waals surface area contributed by atoms with Gasteiger partial charge >= 0.3 is 0 Å². The quantitative estimate of drug-likeness (QED) is 0.805. The van der Waals surface area contributed by atoms with Crippen LogP contribution in [0.4, 0.5) is 0 Å². The van der Waals surface area contributed by atoms with E-state index in [0.717, 1.165) is 4.90 Å². The van der Waals surface area contributed by atoms with Gasteiger partial charge < -0.3 is 9.80 Å². The molecule has 0 N–H and O–H groups in total. The highest BCUT2D eigenvalue weighted by Crippen LogP contribution is 2.17. The van der Waals surface area contributed by atoms with Crippen LogP contribution in [-0.4, -0.2) is 59.0 Å². The van der Waals surface area contributed by atoms with Crippen molar-refractivity contribution in [3.63, 3.8) is 0 Å². The van der Waals surface area contributed by atoms with Crippen LogP contribution < -0.4 is 0 Å². The fraction of sp³-hybridized carbons (Fsp3) is 0.278. The molecule has 24 heavy (non-hydrogen) atoms. The number of carbonyl (C=O) groups excluding carboxylic acids is 2. The number of thioether (sulfide) groups is 1. The lowest BCUT2D eigenvalue weighted by atomic mass is 10.1. The number of nitrogens with zero attached hydrogens (tertiary/aromatic N) is 3. The highest BCUT2D eigenvalue weighted by molar-refractivity contribution is 7.98. The molecule has 0 saturated carbocycles. The van der Waals surface area contributed by atoms with E-state index in [0.29, 0.717) is 37.4 Å². The van der Waals surface area contributed by atoms with E-state index in [4.69, 9.17) is 0 Å². The number of carbonyl (C=O) groups is 2. The molecule has 2 amide bonds. The third kappa shape index (κ3) is 3.59. The molecule has 0 bridgehead atoms. The Labute approximate surface area is 145 Å². The topological polar surface area (TPSA) is 53.5 Å². The summed E-state index contributed by atoms with van der Waals surface area (Å²) in [6.45, 7) is 2.15. The van der Waals surface area contributed by atoms with Crippen molar-refractivity contribution in [1.82, 2.24) is 14.8 Å². The molecule has 0 atom stereocenters. The molecule has 0 radical (unpaired) electrons. The fourth-order valence-electron chi connectivity index (χ4n) is 2.68. The first kappa shape index (κ1) is 16.5. The van der Waals surface area contributed by atoms with Gasteiger partial charge in [0, 0.05) is 42.8 Å². The molecule has 1 aromatic carbocycles. The maximum absolute atomic E-state index is 12.5. The number of benzene rings is 1. The standard InChI is InChI=1S/C18H19N3O2S/c1-24-15-7-5-14(6-8-15)17(22)20-10-12-21(13-11-20)18(23)16-4-2-3-9-19-16/h2-9H,10-13H2,1H3. The zero-order valence-electron chi connectivity index (χ0n) is 13.5. The van der Waals surface area contributed by atoms with Crippen LogP contribution in [0.25, 0.3) is 0 Å².